The monoisotopic (exact) mass is 388 g/mol. The molecule has 4 rings (SSSR count). The van der Waals surface area contributed by atoms with Crippen LogP contribution in [0.15, 0.2) is 29.2 Å². The number of benzene rings is 1. The zero-order chi connectivity index (χ0) is 18.6. The molecular weight excluding hydrogens is 360 g/mol. The highest BCUT2D eigenvalue weighted by atomic mass is 35.5. The second-order valence-electron chi connectivity index (χ2n) is 8.18. The number of ether oxygens (including phenoxy) is 1. The summed E-state index contributed by atoms with van der Waals surface area (Å²) in [5, 5.41) is 5.77. The van der Waals surface area contributed by atoms with Crippen LogP contribution in [0.2, 0.25) is 5.02 Å². The molecule has 5 heteroatoms. The Morgan fingerprint density at radius 2 is 1.85 bits per heavy atom. The summed E-state index contributed by atoms with van der Waals surface area (Å²) in [6.45, 7) is 1.18. The molecule has 2 N–H and O–H groups in total. The number of fused-ring (bicyclic) bond motifs is 1. The van der Waals surface area contributed by atoms with Gasteiger partial charge in [-0.1, -0.05) is 30.9 Å². The molecule has 0 bridgehead atoms. The van der Waals surface area contributed by atoms with E-state index >= 15 is 0 Å². The average molecular weight is 389 g/mol. The highest BCUT2D eigenvalue weighted by Crippen LogP contribution is 2.32. The highest BCUT2D eigenvalue weighted by molar-refractivity contribution is 6.32. The smallest absolute Gasteiger partial charge is 0.255 e. The maximum atomic E-state index is 11.9. The number of aromatic nitrogens is 1. The second-order valence-corrected chi connectivity index (χ2v) is 8.59. The van der Waals surface area contributed by atoms with Gasteiger partial charge in [-0.2, -0.15) is 0 Å². The fourth-order valence-electron chi connectivity index (χ4n) is 4.57. The summed E-state index contributed by atoms with van der Waals surface area (Å²) >= 11 is 6.37. The largest absolute Gasteiger partial charge is 0.489 e. The Kier molecular flexibility index (Phi) is 6.04. The predicted octanol–water partition coefficient (Wildman–Crippen LogP) is 5.04. The summed E-state index contributed by atoms with van der Waals surface area (Å²) in [6, 6.07) is 6.10. The van der Waals surface area contributed by atoms with Crippen LogP contribution in [0.1, 0.15) is 57.8 Å². The third kappa shape index (κ3) is 4.67. The number of halogens is 1. The van der Waals surface area contributed by atoms with E-state index in [9.17, 15) is 4.79 Å². The molecule has 4 nitrogen and oxygen atoms in total. The van der Waals surface area contributed by atoms with Gasteiger partial charge in [-0.05, 0) is 74.6 Å². The Morgan fingerprint density at radius 1 is 1.07 bits per heavy atom. The Hall–Kier alpha value is -1.52. The Labute approximate surface area is 165 Å². The third-order valence-corrected chi connectivity index (χ3v) is 6.51. The van der Waals surface area contributed by atoms with Gasteiger partial charge in [-0.15, -0.1) is 0 Å². The number of aromatic amines is 1. The van der Waals surface area contributed by atoms with Gasteiger partial charge in [-0.3, -0.25) is 4.79 Å². The first-order valence-corrected chi connectivity index (χ1v) is 10.8. The predicted molar refractivity (Wildman–Crippen MR) is 111 cm³/mol. The minimum Gasteiger partial charge on any atom is -0.489 e. The van der Waals surface area contributed by atoms with E-state index in [1.165, 1.54) is 38.6 Å². The Bertz CT molecular complexity index is 821. The van der Waals surface area contributed by atoms with Gasteiger partial charge in [0.1, 0.15) is 5.75 Å². The number of nitrogens with one attached hydrogen (secondary N) is 2. The lowest BCUT2D eigenvalue weighted by molar-refractivity contribution is 0.138. The average Bonchev–Trinajstić information content (AvgIpc) is 2.70. The first-order valence-electron chi connectivity index (χ1n) is 10.4. The van der Waals surface area contributed by atoms with Crippen LogP contribution >= 0.6 is 11.6 Å². The van der Waals surface area contributed by atoms with Crippen molar-refractivity contribution in [1.82, 2.24) is 10.3 Å². The molecule has 1 heterocycles. The van der Waals surface area contributed by atoms with Gasteiger partial charge < -0.3 is 15.0 Å². The lowest BCUT2D eigenvalue weighted by atomic mass is 9.88. The Balaban J connectivity index is 1.30. The summed E-state index contributed by atoms with van der Waals surface area (Å²) < 4.78 is 6.20. The third-order valence-electron chi connectivity index (χ3n) is 6.21. The number of hydrogen-bond acceptors (Lipinski definition) is 3. The quantitative estimate of drug-likeness (QED) is 0.754. The molecule has 0 atom stereocenters. The van der Waals surface area contributed by atoms with Crippen LogP contribution in [0.3, 0.4) is 0 Å². The SMILES string of the molecule is O=c1[nH]ccc2cc(OC3CCC(NCC4CCCCC4)CC3)c(Cl)cc12. The molecule has 0 amide bonds. The Morgan fingerprint density at radius 3 is 2.63 bits per heavy atom. The molecule has 27 heavy (non-hydrogen) atoms. The topological polar surface area (TPSA) is 54.1 Å². The molecule has 0 radical (unpaired) electrons. The summed E-state index contributed by atoms with van der Waals surface area (Å²) in [5.41, 5.74) is -0.120. The lowest BCUT2D eigenvalue weighted by Crippen LogP contribution is -2.39. The van der Waals surface area contributed by atoms with Crippen molar-refractivity contribution in [2.75, 3.05) is 6.54 Å². The van der Waals surface area contributed by atoms with Gasteiger partial charge in [0, 0.05) is 17.6 Å². The van der Waals surface area contributed by atoms with Crippen LogP contribution < -0.4 is 15.6 Å². The van der Waals surface area contributed by atoms with E-state index in [1.54, 1.807) is 12.3 Å². The van der Waals surface area contributed by atoms with E-state index in [0.717, 1.165) is 37.0 Å². The van der Waals surface area contributed by atoms with Crippen LogP contribution in [0, 0.1) is 5.92 Å². The maximum absolute atomic E-state index is 11.9. The molecule has 2 fully saturated rings. The van der Waals surface area contributed by atoms with E-state index in [1.807, 2.05) is 12.1 Å². The second kappa shape index (κ2) is 8.66. The van der Waals surface area contributed by atoms with Gasteiger partial charge in [0.15, 0.2) is 0 Å². The molecule has 2 saturated carbocycles. The van der Waals surface area contributed by atoms with E-state index in [0.29, 0.717) is 22.2 Å². The molecule has 2 aliphatic carbocycles. The molecule has 0 unspecified atom stereocenters. The van der Waals surface area contributed by atoms with Crippen molar-refractivity contribution in [3.63, 3.8) is 0 Å². The van der Waals surface area contributed by atoms with Gasteiger partial charge in [0.2, 0.25) is 0 Å². The summed E-state index contributed by atoms with van der Waals surface area (Å²) in [6.07, 6.45) is 13.3. The lowest BCUT2D eigenvalue weighted by Gasteiger charge is -2.31. The summed E-state index contributed by atoms with van der Waals surface area (Å²) in [4.78, 5) is 14.6. The molecular formula is C22H29ClN2O2. The molecule has 146 valence electrons. The van der Waals surface area contributed by atoms with E-state index in [-0.39, 0.29) is 11.7 Å². The molecule has 0 saturated heterocycles. The number of rotatable bonds is 5. The fraction of sp³-hybridized carbons (Fsp3) is 0.591. The van der Waals surface area contributed by atoms with Crippen molar-refractivity contribution >= 4 is 22.4 Å². The first kappa shape index (κ1) is 18.8. The standard InChI is InChI=1S/C22H29ClN2O2/c23-20-13-19-16(10-11-24-22(19)26)12-21(20)27-18-8-6-17(7-9-18)25-14-15-4-2-1-3-5-15/h10-13,15,17-18,25H,1-9,14H2,(H,24,26). The van der Waals surface area contributed by atoms with Crippen LogP contribution in [0.5, 0.6) is 5.75 Å². The zero-order valence-corrected chi connectivity index (χ0v) is 16.6. The van der Waals surface area contributed by atoms with E-state index in [2.05, 4.69) is 10.3 Å². The highest BCUT2D eigenvalue weighted by Gasteiger charge is 2.24. The summed E-state index contributed by atoms with van der Waals surface area (Å²) in [5.74, 6) is 1.57. The molecule has 0 aliphatic heterocycles. The van der Waals surface area contributed by atoms with Gasteiger partial charge >= 0.3 is 0 Å². The number of pyridine rings is 1. The first-order chi connectivity index (χ1) is 13.2. The fourth-order valence-corrected chi connectivity index (χ4v) is 4.78. The van der Waals surface area contributed by atoms with Crippen molar-refractivity contribution in [2.45, 2.75) is 69.9 Å². The summed E-state index contributed by atoms with van der Waals surface area (Å²) in [7, 11) is 0. The van der Waals surface area contributed by atoms with Crippen molar-refractivity contribution in [3.05, 3.63) is 39.8 Å². The van der Waals surface area contributed by atoms with Crippen LogP contribution in [-0.2, 0) is 0 Å². The van der Waals surface area contributed by atoms with E-state index < -0.39 is 0 Å². The minimum atomic E-state index is -0.120. The van der Waals surface area contributed by atoms with Crippen LogP contribution in [-0.4, -0.2) is 23.7 Å². The van der Waals surface area contributed by atoms with Gasteiger partial charge in [0.25, 0.3) is 5.56 Å². The molecule has 1 aromatic heterocycles. The van der Waals surface area contributed by atoms with Crippen LogP contribution in [0.25, 0.3) is 10.8 Å². The molecule has 2 aromatic rings. The van der Waals surface area contributed by atoms with Crippen molar-refractivity contribution in [2.24, 2.45) is 5.92 Å². The molecule has 0 spiro atoms. The van der Waals surface area contributed by atoms with E-state index in [4.69, 9.17) is 16.3 Å². The van der Waals surface area contributed by atoms with Crippen LogP contribution in [0.4, 0.5) is 0 Å². The molecule has 2 aliphatic rings. The van der Waals surface area contributed by atoms with Gasteiger partial charge in [0.05, 0.1) is 11.1 Å². The molecule has 1 aromatic carbocycles. The van der Waals surface area contributed by atoms with Crippen molar-refractivity contribution in [1.29, 1.82) is 0 Å². The minimum absolute atomic E-state index is 0.120. The maximum Gasteiger partial charge on any atom is 0.255 e. The zero-order valence-electron chi connectivity index (χ0n) is 15.8. The van der Waals surface area contributed by atoms with Crippen molar-refractivity contribution < 1.29 is 4.74 Å². The van der Waals surface area contributed by atoms with Crippen molar-refractivity contribution in [3.8, 4) is 5.75 Å². The van der Waals surface area contributed by atoms with Gasteiger partial charge in [-0.25, -0.2) is 0 Å². The normalized spacial score (nSPS) is 24.2. The number of hydrogen-bond donors (Lipinski definition) is 2. The number of H-pyrrole nitrogens is 1.